The standard InChI is InChI=1S/C14H18F2N4/c1-3-9-8-12(20(4-2)19-9)14(18-17)13-10(15)6-5-7-11(13)16/h5-8,14,18H,3-4,17H2,1-2H3. The lowest BCUT2D eigenvalue weighted by atomic mass is 10.0. The number of benzene rings is 1. The van der Waals surface area contributed by atoms with Crippen molar-refractivity contribution in [1.82, 2.24) is 15.2 Å². The van der Waals surface area contributed by atoms with E-state index < -0.39 is 17.7 Å². The van der Waals surface area contributed by atoms with Crippen molar-refractivity contribution in [3.8, 4) is 0 Å². The molecule has 108 valence electrons. The molecule has 0 aliphatic heterocycles. The van der Waals surface area contributed by atoms with E-state index >= 15 is 0 Å². The Hall–Kier alpha value is -1.79. The van der Waals surface area contributed by atoms with E-state index in [4.69, 9.17) is 5.84 Å². The van der Waals surface area contributed by atoms with Gasteiger partial charge in [0.15, 0.2) is 0 Å². The largest absolute Gasteiger partial charge is 0.271 e. The van der Waals surface area contributed by atoms with Gasteiger partial charge in [-0.15, -0.1) is 0 Å². The molecule has 0 radical (unpaired) electrons. The zero-order chi connectivity index (χ0) is 14.7. The van der Waals surface area contributed by atoms with Crippen molar-refractivity contribution in [2.75, 3.05) is 0 Å². The number of hydrogen-bond donors (Lipinski definition) is 2. The number of rotatable bonds is 5. The number of nitrogens with two attached hydrogens (primary N) is 1. The number of aryl methyl sites for hydroxylation is 2. The number of nitrogens with zero attached hydrogens (tertiary/aromatic N) is 2. The summed E-state index contributed by atoms with van der Waals surface area (Å²) in [7, 11) is 0. The first-order valence-corrected chi connectivity index (χ1v) is 6.59. The van der Waals surface area contributed by atoms with Gasteiger partial charge in [-0.3, -0.25) is 10.5 Å². The molecule has 1 heterocycles. The molecule has 2 rings (SSSR count). The number of halogens is 2. The number of hydrogen-bond acceptors (Lipinski definition) is 3. The minimum Gasteiger partial charge on any atom is -0.271 e. The number of nitrogens with one attached hydrogen (secondary N) is 1. The van der Waals surface area contributed by atoms with E-state index in [0.29, 0.717) is 12.2 Å². The van der Waals surface area contributed by atoms with Crippen molar-refractivity contribution in [3.05, 3.63) is 52.9 Å². The van der Waals surface area contributed by atoms with Crippen LogP contribution in [0.15, 0.2) is 24.3 Å². The quantitative estimate of drug-likeness (QED) is 0.652. The van der Waals surface area contributed by atoms with Crippen LogP contribution in [-0.2, 0) is 13.0 Å². The first kappa shape index (κ1) is 14.6. The number of hydrazine groups is 1. The van der Waals surface area contributed by atoms with E-state index in [1.54, 1.807) is 4.68 Å². The van der Waals surface area contributed by atoms with Crippen molar-refractivity contribution in [2.24, 2.45) is 5.84 Å². The maximum absolute atomic E-state index is 13.9. The molecule has 20 heavy (non-hydrogen) atoms. The second kappa shape index (κ2) is 6.11. The van der Waals surface area contributed by atoms with E-state index in [9.17, 15) is 8.78 Å². The summed E-state index contributed by atoms with van der Waals surface area (Å²) in [6, 6.07) is 4.81. The highest BCUT2D eigenvalue weighted by atomic mass is 19.1. The van der Waals surface area contributed by atoms with Crippen molar-refractivity contribution in [3.63, 3.8) is 0 Å². The molecule has 0 fully saturated rings. The lowest BCUT2D eigenvalue weighted by molar-refractivity contribution is 0.483. The van der Waals surface area contributed by atoms with Gasteiger partial charge >= 0.3 is 0 Å². The Morgan fingerprint density at radius 3 is 2.45 bits per heavy atom. The maximum atomic E-state index is 13.9. The van der Waals surface area contributed by atoms with Crippen LogP contribution in [-0.4, -0.2) is 9.78 Å². The van der Waals surface area contributed by atoms with Crippen LogP contribution in [0.5, 0.6) is 0 Å². The summed E-state index contributed by atoms with van der Waals surface area (Å²) >= 11 is 0. The van der Waals surface area contributed by atoms with Crippen LogP contribution in [0.2, 0.25) is 0 Å². The van der Waals surface area contributed by atoms with Gasteiger partial charge in [-0.1, -0.05) is 13.0 Å². The fourth-order valence-electron chi connectivity index (χ4n) is 2.25. The second-order valence-electron chi connectivity index (χ2n) is 4.46. The molecule has 1 aromatic heterocycles. The second-order valence-corrected chi connectivity index (χ2v) is 4.46. The highest BCUT2D eigenvalue weighted by Crippen LogP contribution is 2.27. The van der Waals surface area contributed by atoms with E-state index in [-0.39, 0.29) is 5.56 Å². The van der Waals surface area contributed by atoms with Gasteiger partial charge in [0.2, 0.25) is 0 Å². The predicted molar refractivity (Wildman–Crippen MR) is 72.8 cm³/mol. The molecule has 0 spiro atoms. The van der Waals surface area contributed by atoms with Gasteiger partial charge in [0.25, 0.3) is 0 Å². The first-order chi connectivity index (χ1) is 9.62. The smallest absolute Gasteiger partial charge is 0.131 e. The van der Waals surface area contributed by atoms with Gasteiger partial charge in [-0.05, 0) is 31.5 Å². The molecule has 1 unspecified atom stereocenters. The van der Waals surface area contributed by atoms with Crippen LogP contribution in [0.25, 0.3) is 0 Å². The van der Waals surface area contributed by atoms with Crippen LogP contribution >= 0.6 is 0 Å². The van der Waals surface area contributed by atoms with Crippen LogP contribution in [0.1, 0.15) is 36.8 Å². The lowest BCUT2D eigenvalue weighted by Crippen LogP contribution is -2.32. The highest BCUT2D eigenvalue weighted by molar-refractivity contribution is 5.31. The van der Waals surface area contributed by atoms with Crippen LogP contribution in [0.3, 0.4) is 0 Å². The fraction of sp³-hybridized carbons (Fsp3) is 0.357. The maximum Gasteiger partial charge on any atom is 0.131 e. The summed E-state index contributed by atoms with van der Waals surface area (Å²) < 4.78 is 29.6. The van der Waals surface area contributed by atoms with Crippen LogP contribution in [0.4, 0.5) is 8.78 Å². The summed E-state index contributed by atoms with van der Waals surface area (Å²) in [6.07, 6.45) is 0.747. The molecule has 1 aromatic carbocycles. The Morgan fingerprint density at radius 1 is 1.30 bits per heavy atom. The monoisotopic (exact) mass is 280 g/mol. The summed E-state index contributed by atoms with van der Waals surface area (Å²) in [5.41, 5.74) is 3.91. The van der Waals surface area contributed by atoms with E-state index in [1.165, 1.54) is 18.2 Å². The molecule has 3 N–H and O–H groups in total. The van der Waals surface area contributed by atoms with Gasteiger partial charge in [0.05, 0.1) is 17.4 Å². The third-order valence-electron chi connectivity index (χ3n) is 3.27. The molecule has 6 heteroatoms. The highest BCUT2D eigenvalue weighted by Gasteiger charge is 2.24. The molecule has 0 amide bonds. The van der Waals surface area contributed by atoms with Gasteiger partial charge in [0.1, 0.15) is 11.6 Å². The molecule has 0 aliphatic carbocycles. The molecular formula is C14H18F2N4. The summed E-state index contributed by atoms with van der Waals surface area (Å²) in [4.78, 5) is 0. The zero-order valence-corrected chi connectivity index (χ0v) is 11.5. The molecule has 4 nitrogen and oxygen atoms in total. The molecule has 0 saturated heterocycles. The minimum atomic E-state index is -0.774. The summed E-state index contributed by atoms with van der Waals surface area (Å²) in [5.74, 6) is 4.26. The molecule has 1 atom stereocenters. The fourth-order valence-corrected chi connectivity index (χ4v) is 2.25. The minimum absolute atomic E-state index is 0.0905. The van der Waals surface area contributed by atoms with Gasteiger partial charge in [0, 0.05) is 12.1 Å². The molecule has 2 aromatic rings. The third kappa shape index (κ3) is 2.57. The van der Waals surface area contributed by atoms with Crippen LogP contribution < -0.4 is 11.3 Å². The van der Waals surface area contributed by atoms with Crippen molar-refractivity contribution >= 4 is 0 Å². The zero-order valence-electron chi connectivity index (χ0n) is 11.5. The Morgan fingerprint density at radius 2 is 1.95 bits per heavy atom. The first-order valence-electron chi connectivity index (χ1n) is 6.59. The molecule has 0 saturated carbocycles. The van der Waals surface area contributed by atoms with E-state index in [1.807, 2.05) is 19.9 Å². The van der Waals surface area contributed by atoms with Gasteiger partial charge in [-0.2, -0.15) is 5.10 Å². The topological polar surface area (TPSA) is 55.9 Å². The summed E-state index contributed by atoms with van der Waals surface area (Å²) in [6.45, 7) is 4.49. The molecule has 0 aliphatic rings. The Bertz CT molecular complexity index is 575. The predicted octanol–water partition coefficient (Wildman–Crippen LogP) is 2.30. The van der Waals surface area contributed by atoms with E-state index in [2.05, 4.69) is 10.5 Å². The Kier molecular flexibility index (Phi) is 4.46. The van der Waals surface area contributed by atoms with Crippen molar-refractivity contribution < 1.29 is 8.78 Å². The molecular weight excluding hydrogens is 262 g/mol. The third-order valence-corrected chi connectivity index (χ3v) is 3.27. The van der Waals surface area contributed by atoms with Crippen LogP contribution in [0, 0.1) is 11.6 Å². The number of aromatic nitrogens is 2. The van der Waals surface area contributed by atoms with Gasteiger partial charge in [-0.25, -0.2) is 14.2 Å². The SMILES string of the molecule is CCc1cc(C(NN)c2c(F)cccc2F)n(CC)n1. The Labute approximate surface area is 116 Å². The average molecular weight is 280 g/mol. The van der Waals surface area contributed by atoms with Crippen molar-refractivity contribution in [1.29, 1.82) is 0 Å². The Balaban J connectivity index is 2.55. The molecule has 0 bridgehead atoms. The average Bonchev–Trinajstić information content (AvgIpc) is 2.86. The van der Waals surface area contributed by atoms with Crippen molar-refractivity contribution in [2.45, 2.75) is 32.9 Å². The normalized spacial score (nSPS) is 12.7. The lowest BCUT2D eigenvalue weighted by Gasteiger charge is -2.18. The van der Waals surface area contributed by atoms with E-state index in [0.717, 1.165) is 12.1 Å². The summed E-state index contributed by atoms with van der Waals surface area (Å²) in [5, 5.41) is 4.38. The van der Waals surface area contributed by atoms with Gasteiger partial charge < -0.3 is 0 Å².